The van der Waals surface area contributed by atoms with Gasteiger partial charge >= 0.3 is 0 Å². The van der Waals surface area contributed by atoms with Crippen LogP contribution in [0.5, 0.6) is 0 Å². The summed E-state index contributed by atoms with van der Waals surface area (Å²) < 4.78 is 0. The zero-order valence-electron chi connectivity index (χ0n) is 10.7. The number of nitrogens with zero attached hydrogens (tertiary/aromatic N) is 1. The summed E-state index contributed by atoms with van der Waals surface area (Å²) in [6, 6.07) is 8.60. The van der Waals surface area contributed by atoms with Crippen molar-refractivity contribution in [3.63, 3.8) is 0 Å². The molecule has 0 heterocycles. The first kappa shape index (κ1) is 14.2. The third-order valence-electron chi connectivity index (χ3n) is 2.70. The first-order valence-corrected chi connectivity index (χ1v) is 7.23. The molecule has 1 aromatic carbocycles. The Balaban J connectivity index is 2.06. The van der Waals surface area contributed by atoms with E-state index in [1.165, 1.54) is 23.3 Å². The maximum atomic E-state index is 10.2. The van der Waals surface area contributed by atoms with Gasteiger partial charge in [0.25, 0.3) is 0 Å². The molecule has 3 heteroatoms. The highest BCUT2D eigenvalue weighted by atomic mass is 32.2. The second-order valence-electron chi connectivity index (χ2n) is 4.47. The van der Waals surface area contributed by atoms with Crippen LogP contribution in [0, 0.1) is 11.8 Å². The van der Waals surface area contributed by atoms with Crippen LogP contribution in [0.3, 0.4) is 0 Å². The van der Waals surface area contributed by atoms with Gasteiger partial charge in [-0.15, -0.1) is 11.8 Å². The molecule has 1 unspecified atom stereocenters. The lowest BCUT2D eigenvalue weighted by Gasteiger charge is -2.04. The topological polar surface area (TPSA) is 29.4 Å². The van der Waals surface area contributed by atoms with E-state index in [1.54, 1.807) is 0 Å². The molecule has 1 rings (SSSR count). The number of hydrogen-bond acceptors (Lipinski definition) is 3. The zero-order chi connectivity index (χ0) is 12.5. The van der Waals surface area contributed by atoms with Gasteiger partial charge in [0.05, 0.1) is 6.04 Å². The van der Waals surface area contributed by atoms with Crippen molar-refractivity contribution in [2.75, 3.05) is 5.75 Å². The van der Waals surface area contributed by atoms with Crippen LogP contribution in [0.15, 0.2) is 34.3 Å². The minimum Gasteiger partial charge on any atom is -0.151 e. The van der Waals surface area contributed by atoms with E-state index in [0.717, 1.165) is 18.6 Å². The molecule has 0 amide bonds. The van der Waals surface area contributed by atoms with Crippen LogP contribution in [0.25, 0.3) is 0 Å². The van der Waals surface area contributed by atoms with Gasteiger partial charge in [0.15, 0.2) is 0 Å². The SMILES string of the molecule is Cc1cccc(SCCCCCC(C)N=O)c1. The molecule has 1 atom stereocenters. The van der Waals surface area contributed by atoms with Gasteiger partial charge in [0.2, 0.25) is 0 Å². The van der Waals surface area contributed by atoms with Crippen LogP contribution < -0.4 is 0 Å². The Bertz CT molecular complexity index is 341. The van der Waals surface area contributed by atoms with Crippen molar-refractivity contribution in [1.29, 1.82) is 0 Å². The highest BCUT2D eigenvalue weighted by molar-refractivity contribution is 7.99. The summed E-state index contributed by atoms with van der Waals surface area (Å²) in [6.07, 6.45) is 4.45. The molecule has 0 aromatic heterocycles. The molecular weight excluding hydrogens is 230 g/mol. The minimum absolute atomic E-state index is 0.0144. The van der Waals surface area contributed by atoms with Crippen LogP contribution in [0.1, 0.15) is 38.2 Å². The summed E-state index contributed by atoms with van der Waals surface area (Å²) in [7, 11) is 0. The van der Waals surface area contributed by atoms with E-state index in [9.17, 15) is 4.91 Å². The molecule has 0 aliphatic carbocycles. The third-order valence-corrected chi connectivity index (χ3v) is 3.78. The molecule has 0 saturated heterocycles. The fraction of sp³-hybridized carbons (Fsp3) is 0.571. The van der Waals surface area contributed by atoms with Gasteiger partial charge in [0, 0.05) is 4.90 Å². The highest BCUT2D eigenvalue weighted by Crippen LogP contribution is 2.20. The second-order valence-corrected chi connectivity index (χ2v) is 5.64. The fourth-order valence-corrected chi connectivity index (χ4v) is 2.69. The molecule has 0 aliphatic rings. The van der Waals surface area contributed by atoms with Crippen molar-refractivity contribution in [3.05, 3.63) is 34.7 Å². The number of unbranched alkanes of at least 4 members (excludes halogenated alkanes) is 2. The van der Waals surface area contributed by atoms with Gasteiger partial charge in [0.1, 0.15) is 0 Å². The lowest BCUT2D eigenvalue weighted by atomic mass is 10.1. The highest BCUT2D eigenvalue weighted by Gasteiger charge is 2.00. The van der Waals surface area contributed by atoms with E-state index >= 15 is 0 Å². The lowest BCUT2D eigenvalue weighted by molar-refractivity contribution is 0.592. The summed E-state index contributed by atoms with van der Waals surface area (Å²) in [6.45, 7) is 4.01. The fourth-order valence-electron chi connectivity index (χ4n) is 1.67. The Morgan fingerprint density at radius 2 is 2.12 bits per heavy atom. The van der Waals surface area contributed by atoms with E-state index in [4.69, 9.17) is 0 Å². The molecule has 0 fully saturated rings. The van der Waals surface area contributed by atoms with Crippen molar-refractivity contribution in [3.8, 4) is 0 Å². The third kappa shape index (κ3) is 6.47. The van der Waals surface area contributed by atoms with E-state index < -0.39 is 0 Å². The van der Waals surface area contributed by atoms with Crippen molar-refractivity contribution in [1.82, 2.24) is 0 Å². The average Bonchev–Trinajstić information content (AvgIpc) is 2.33. The Hall–Kier alpha value is -0.830. The summed E-state index contributed by atoms with van der Waals surface area (Å²) in [5, 5.41) is 3.01. The number of nitroso groups, excluding NO2 is 1. The average molecular weight is 251 g/mol. The van der Waals surface area contributed by atoms with E-state index in [0.29, 0.717) is 0 Å². The first-order chi connectivity index (χ1) is 8.22. The monoisotopic (exact) mass is 251 g/mol. The largest absolute Gasteiger partial charge is 0.151 e. The predicted molar refractivity (Wildman–Crippen MR) is 75.6 cm³/mol. The molecule has 0 saturated carbocycles. The van der Waals surface area contributed by atoms with Crippen molar-refractivity contribution >= 4 is 11.8 Å². The molecule has 17 heavy (non-hydrogen) atoms. The van der Waals surface area contributed by atoms with Gasteiger partial charge < -0.3 is 0 Å². The molecule has 0 radical (unpaired) electrons. The molecule has 94 valence electrons. The molecule has 2 nitrogen and oxygen atoms in total. The van der Waals surface area contributed by atoms with Gasteiger partial charge in [-0.25, -0.2) is 0 Å². The van der Waals surface area contributed by atoms with E-state index in [-0.39, 0.29) is 6.04 Å². The Labute approximate surface area is 108 Å². The Kier molecular flexibility index (Phi) is 6.94. The summed E-state index contributed by atoms with van der Waals surface area (Å²) in [4.78, 5) is 11.5. The standard InChI is InChI=1S/C14H21NOS/c1-12-7-6-9-14(11-12)17-10-5-3-4-8-13(2)15-16/h6-7,9,11,13H,3-5,8,10H2,1-2H3. The van der Waals surface area contributed by atoms with Crippen LogP contribution in [0.2, 0.25) is 0 Å². The molecule has 0 N–H and O–H groups in total. The van der Waals surface area contributed by atoms with Gasteiger partial charge in [-0.05, 0) is 44.6 Å². The normalized spacial score (nSPS) is 12.4. The molecule has 0 spiro atoms. The minimum atomic E-state index is -0.0144. The second kappa shape index (κ2) is 8.29. The summed E-state index contributed by atoms with van der Waals surface area (Å²) >= 11 is 1.91. The van der Waals surface area contributed by atoms with Crippen LogP contribution in [-0.2, 0) is 0 Å². The van der Waals surface area contributed by atoms with Crippen LogP contribution >= 0.6 is 11.8 Å². The van der Waals surface area contributed by atoms with Gasteiger partial charge in [-0.3, -0.25) is 0 Å². The van der Waals surface area contributed by atoms with Crippen molar-refractivity contribution in [2.45, 2.75) is 50.5 Å². The zero-order valence-corrected chi connectivity index (χ0v) is 11.5. The number of thioether (sulfide) groups is 1. The lowest BCUT2D eigenvalue weighted by Crippen LogP contribution is -1.95. The smallest absolute Gasteiger partial charge is 0.0891 e. The van der Waals surface area contributed by atoms with Gasteiger partial charge in [-0.1, -0.05) is 35.7 Å². The van der Waals surface area contributed by atoms with Crippen LogP contribution in [0.4, 0.5) is 0 Å². The quantitative estimate of drug-likeness (QED) is 0.377. The molecule has 0 aliphatic heterocycles. The van der Waals surface area contributed by atoms with Crippen molar-refractivity contribution in [2.24, 2.45) is 5.18 Å². The molecular formula is C14H21NOS. The van der Waals surface area contributed by atoms with Crippen molar-refractivity contribution < 1.29 is 0 Å². The summed E-state index contributed by atoms with van der Waals surface area (Å²) in [5.41, 5.74) is 1.32. The maximum Gasteiger partial charge on any atom is 0.0891 e. The van der Waals surface area contributed by atoms with Gasteiger partial charge in [-0.2, -0.15) is 4.91 Å². The molecule has 0 bridgehead atoms. The van der Waals surface area contributed by atoms with Crippen LogP contribution in [-0.4, -0.2) is 11.8 Å². The van der Waals surface area contributed by atoms with E-state index in [2.05, 4.69) is 36.4 Å². The Morgan fingerprint density at radius 1 is 1.29 bits per heavy atom. The number of aryl methyl sites for hydroxylation is 1. The number of hydrogen-bond donors (Lipinski definition) is 0. The Morgan fingerprint density at radius 3 is 2.82 bits per heavy atom. The predicted octanol–water partition coefficient (Wildman–Crippen LogP) is 4.80. The van der Waals surface area contributed by atoms with E-state index in [1.807, 2.05) is 18.7 Å². The molecule has 1 aromatic rings. The number of benzene rings is 1. The summed E-state index contributed by atoms with van der Waals surface area (Å²) in [5.74, 6) is 1.16. The number of rotatable bonds is 8. The first-order valence-electron chi connectivity index (χ1n) is 6.24. The maximum absolute atomic E-state index is 10.2.